The van der Waals surface area contributed by atoms with Crippen molar-refractivity contribution >= 4 is 0 Å². The molecule has 0 aromatic rings. The third kappa shape index (κ3) is 0.510. The SMILES string of the molecule is CC1C[C@@H]2CC[C@H]1O2. The smallest absolute Gasteiger partial charge is 0.0606 e. The summed E-state index contributed by atoms with van der Waals surface area (Å²) in [7, 11) is 0. The Bertz CT molecular complexity index is 98.6. The van der Waals surface area contributed by atoms with Crippen LogP contribution in [0.25, 0.3) is 0 Å². The highest BCUT2D eigenvalue weighted by molar-refractivity contribution is 4.86. The number of hydrogen-bond acceptors (Lipinski definition) is 1. The Morgan fingerprint density at radius 1 is 1.38 bits per heavy atom. The molecule has 0 aromatic heterocycles. The van der Waals surface area contributed by atoms with Gasteiger partial charge in [-0.25, -0.2) is 0 Å². The van der Waals surface area contributed by atoms with Crippen molar-refractivity contribution in [1.82, 2.24) is 0 Å². The van der Waals surface area contributed by atoms with Crippen molar-refractivity contribution in [3.8, 4) is 0 Å². The second kappa shape index (κ2) is 1.47. The number of hydrogen-bond donors (Lipinski definition) is 0. The molecule has 0 aromatic carbocycles. The summed E-state index contributed by atoms with van der Waals surface area (Å²) in [5.41, 5.74) is 0. The second-order valence-electron chi connectivity index (χ2n) is 3.09. The van der Waals surface area contributed by atoms with Crippen LogP contribution in [-0.4, -0.2) is 12.2 Å². The Morgan fingerprint density at radius 3 is 2.50 bits per heavy atom. The van der Waals surface area contributed by atoms with E-state index in [4.69, 9.17) is 4.74 Å². The molecular weight excluding hydrogens is 100 g/mol. The van der Waals surface area contributed by atoms with Gasteiger partial charge in [0.05, 0.1) is 12.2 Å². The molecule has 1 heteroatoms. The monoisotopic (exact) mass is 112 g/mol. The van der Waals surface area contributed by atoms with Gasteiger partial charge in [0.25, 0.3) is 0 Å². The van der Waals surface area contributed by atoms with E-state index in [0.717, 1.165) is 5.92 Å². The van der Waals surface area contributed by atoms with E-state index >= 15 is 0 Å². The van der Waals surface area contributed by atoms with Crippen LogP contribution in [0.4, 0.5) is 0 Å². The molecule has 2 bridgehead atoms. The molecule has 3 atom stereocenters. The first-order valence-corrected chi connectivity index (χ1v) is 3.52. The molecular formula is C7H12O. The topological polar surface area (TPSA) is 9.23 Å². The summed E-state index contributed by atoms with van der Waals surface area (Å²) < 4.78 is 5.58. The Balaban J connectivity index is 2.11. The molecule has 2 aliphatic heterocycles. The molecule has 2 saturated heterocycles. The first-order chi connectivity index (χ1) is 3.86. The number of rotatable bonds is 0. The van der Waals surface area contributed by atoms with Gasteiger partial charge < -0.3 is 4.74 Å². The average Bonchev–Trinajstić information content (AvgIpc) is 2.23. The predicted octanol–water partition coefficient (Wildman–Crippen LogP) is 1.57. The molecule has 2 fully saturated rings. The van der Waals surface area contributed by atoms with Crippen molar-refractivity contribution < 1.29 is 4.74 Å². The summed E-state index contributed by atoms with van der Waals surface area (Å²) in [5, 5.41) is 0. The maximum atomic E-state index is 5.58. The Kier molecular flexibility index (Phi) is 0.884. The molecule has 0 radical (unpaired) electrons. The van der Waals surface area contributed by atoms with Gasteiger partial charge in [-0.3, -0.25) is 0 Å². The van der Waals surface area contributed by atoms with Crippen LogP contribution in [0, 0.1) is 5.92 Å². The van der Waals surface area contributed by atoms with Crippen LogP contribution in [0.3, 0.4) is 0 Å². The lowest BCUT2D eigenvalue weighted by Crippen LogP contribution is -2.11. The minimum absolute atomic E-state index is 0.639. The maximum absolute atomic E-state index is 5.58. The van der Waals surface area contributed by atoms with E-state index < -0.39 is 0 Å². The van der Waals surface area contributed by atoms with Crippen LogP contribution in [0.5, 0.6) is 0 Å². The van der Waals surface area contributed by atoms with Crippen LogP contribution in [0.15, 0.2) is 0 Å². The number of ether oxygens (including phenoxy) is 1. The van der Waals surface area contributed by atoms with Gasteiger partial charge in [-0.15, -0.1) is 0 Å². The lowest BCUT2D eigenvalue weighted by Gasteiger charge is -2.11. The van der Waals surface area contributed by atoms with Crippen molar-refractivity contribution in [1.29, 1.82) is 0 Å². The molecule has 0 amide bonds. The quantitative estimate of drug-likeness (QED) is 0.462. The van der Waals surface area contributed by atoms with Gasteiger partial charge in [0.1, 0.15) is 0 Å². The first-order valence-electron chi connectivity index (χ1n) is 3.52. The minimum atomic E-state index is 0.639. The molecule has 2 rings (SSSR count). The zero-order valence-corrected chi connectivity index (χ0v) is 5.26. The van der Waals surface area contributed by atoms with Gasteiger partial charge in [0.2, 0.25) is 0 Å². The van der Waals surface area contributed by atoms with Crippen molar-refractivity contribution in [2.75, 3.05) is 0 Å². The van der Waals surface area contributed by atoms with E-state index in [0.29, 0.717) is 12.2 Å². The second-order valence-corrected chi connectivity index (χ2v) is 3.09. The molecule has 2 heterocycles. The largest absolute Gasteiger partial charge is 0.375 e. The van der Waals surface area contributed by atoms with Gasteiger partial charge in [-0.2, -0.15) is 0 Å². The lowest BCUT2D eigenvalue weighted by atomic mass is 9.91. The van der Waals surface area contributed by atoms with Crippen LogP contribution < -0.4 is 0 Å². The third-order valence-corrected chi connectivity index (χ3v) is 2.41. The van der Waals surface area contributed by atoms with Crippen molar-refractivity contribution in [3.63, 3.8) is 0 Å². The van der Waals surface area contributed by atoms with Gasteiger partial charge in [-0.1, -0.05) is 6.92 Å². The summed E-state index contributed by atoms with van der Waals surface area (Å²) in [6.45, 7) is 2.30. The highest BCUT2D eigenvalue weighted by atomic mass is 16.5. The van der Waals surface area contributed by atoms with Gasteiger partial charge in [0, 0.05) is 0 Å². The highest BCUT2D eigenvalue weighted by Crippen LogP contribution is 2.37. The van der Waals surface area contributed by atoms with Crippen LogP contribution in [0.1, 0.15) is 26.2 Å². The van der Waals surface area contributed by atoms with Gasteiger partial charge in [-0.05, 0) is 25.2 Å². The summed E-state index contributed by atoms with van der Waals surface area (Å²) in [6.07, 6.45) is 5.26. The zero-order valence-electron chi connectivity index (χ0n) is 5.26. The summed E-state index contributed by atoms with van der Waals surface area (Å²) in [5.74, 6) is 0.855. The summed E-state index contributed by atoms with van der Waals surface area (Å²) >= 11 is 0. The van der Waals surface area contributed by atoms with E-state index in [1.807, 2.05) is 0 Å². The highest BCUT2D eigenvalue weighted by Gasteiger charge is 2.37. The van der Waals surface area contributed by atoms with E-state index in [1.54, 1.807) is 0 Å². The average molecular weight is 112 g/mol. The van der Waals surface area contributed by atoms with E-state index in [9.17, 15) is 0 Å². The van der Waals surface area contributed by atoms with Crippen LogP contribution in [-0.2, 0) is 4.74 Å². The first kappa shape index (κ1) is 4.80. The Hall–Kier alpha value is -0.0400. The van der Waals surface area contributed by atoms with E-state index in [-0.39, 0.29) is 0 Å². The molecule has 0 N–H and O–H groups in total. The molecule has 8 heavy (non-hydrogen) atoms. The fraction of sp³-hybridized carbons (Fsp3) is 1.00. The van der Waals surface area contributed by atoms with E-state index in [1.165, 1.54) is 19.3 Å². The molecule has 46 valence electrons. The fourth-order valence-electron chi connectivity index (χ4n) is 1.89. The molecule has 0 saturated carbocycles. The number of fused-ring (bicyclic) bond motifs is 2. The summed E-state index contributed by atoms with van der Waals surface area (Å²) in [6, 6.07) is 0. The minimum Gasteiger partial charge on any atom is -0.375 e. The maximum Gasteiger partial charge on any atom is 0.0606 e. The molecule has 1 nitrogen and oxygen atoms in total. The fourth-order valence-corrected chi connectivity index (χ4v) is 1.89. The molecule has 0 spiro atoms. The van der Waals surface area contributed by atoms with Gasteiger partial charge >= 0.3 is 0 Å². The van der Waals surface area contributed by atoms with Crippen LogP contribution in [0.2, 0.25) is 0 Å². The Morgan fingerprint density at radius 2 is 2.25 bits per heavy atom. The summed E-state index contributed by atoms with van der Waals surface area (Å²) in [4.78, 5) is 0. The van der Waals surface area contributed by atoms with Gasteiger partial charge in [0.15, 0.2) is 0 Å². The molecule has 1 unspecified atom stereocenters. The molecule has 2 aliphatic rings. The van der Waals surface area contributed by atoms with Crippen molar-refractivity contribution in [2.24, 2.45) is 5.92 Å². The zero-order chi connectivity index (χ0) is 5.56. The van der Waals surface area contributed by atoms with Crippen molar-refractivity contribution in [2.45, 2.75) is 38.4 Å². The normalized spacial score (nSPS) is 52.9. The lowest BCUT2D eigenvalue weighted by molar-refractivity contribution is 0.0949. The Labute approximate surface area is 50.0 Å². The van der Waals surface area contributed by atoms with Crippen LogP contribution >= 0.6 is 0 Å². The predicted molar refractivity (Wildman–Crippen MR) is 31.7 cm³/mol. The van der Waals surface area contributed by atoms with E-state index in [2.05, 4.69) is 6.92 Å². The standard InChI is InChI=1S/C7H12O/c1-5-4-6-2-3-7(5)8-6/h5-7H,2-4H2,1H3/t5?,6-,7+/m0/s1. The van der Waals surface area contributed by atoms with Crippen molar-refractivity contribution in [3.05, 3.63) is 0 Å². The molecule has 0 aliphatic carbocycles. The third-order valence-electron chi connectivity index (χ3n) is 2.41.